The molecule has 4 aromatic rings. The monoisotopic (exact) mass is 470 g/mol. The molecule has 0 atom stereocenters. The van der Waals surface area contributed by atoms with E-state index in [2.05, 4.69) is 14.7 Å². The van der Waals surface area contributed by atoms with Crippen molar-refractivity contribution in [3.63, 3.8) is 0 Å². The second kappa shape index (κ2) is 9.46. The minimum Gasteiger partial charge on any atom is -0.484 e. The van der Waals surface area contributed by atoms with Gasteiger partial charge >= 0.3 is 12.1 Å². The van der Waals surface area contributed by atoms with Crippen LogP contribution in [-0.4, -0.2) is 23.0 Å². The van der Waals surface area contributed by atoms with E-state index in [1.54, 1.807) is 24.3 Å². The second-order valence-electron chi connectivity index (χ2n) is 7.44. The number of esters is 1. The van der Waals surface area contributed by atoms with Gasteiger partial charge < -0.3 is 9.47 Å². The minimum absolute atomic E-state index is 0.0218. The molecule has 9 heteroatoms. The van der Waals surface area contributed by atoms with Gasteiger partial charge in [0.05, 0.1) is 7.11 Å². The van der Waals surface area contributed by atoms with Gasteiger partial charge in [-0.1, -0.05) is 42.5 Å². The molecule has 0 aliphatic carbocycles. The number of aromatic nitrogens is 2. The van der Waals surface area contributed by atoms with Crippen LogP contribution in [0.25, 0.3) is 10.9 Å². The van der Waals surface area contributed by atoms with E-state index in [1.165, 1.54) is 36.5 Å². The Balaban J connectivity index is 1.85. The number of hydrogen-bond donors (Lipinski definition) is 0. The third-order valence-corrected chi connectivity index (χ3v) is 5.05. The fourth-order valence-corrected chi connectivity index (χ4v) is 3.46. The normalized spacial score (nSPS) is 11.4. The van der Waals surface area contributed by atoms with Gasteiger partial charge in [0.2, 0.25) is 0 Å². The van der Waals surface area contributed by atoms with Crippen LogP contribution in [0.1, 0.15) is 32.9 Å². The van der Waals surface area contributed by atoms with Crippen molar-refractivity contribution in [1.29, 1.82) is 0 Å². The first-order chi connectivity index (χ1) is 16.3. The van der Waals surface area contributed by atoms with Crippen LogP contribution in [0.15, 0.2) is 66.9 Å². The number of carbonyl (C=O) groups excluding carboxylic acids is 1. The van der Waals surface area contributed by atoms with Gasteiger partial charge in [0.1, 0.15) is 17.9 Å². The number of nitrogens with zero attached hydrogens (tertiary/aromatic N) is 2. The van der Waals surface area contributed by atoms with E-state index in [4.69, 9.17) is 4.74 Å². The van der Waals surface area contributed by atoms with Crippen molar-refractivity contribution < 1.29 is 31.8 Å². The fraction of sp³-hybridized carbons (Fsp3) is 0.160. The van der Waals surface area contributed by atoms with E-state index in [-0.39, 0.29) is 29.7 Å². The lowest BCUT2D eigenvalue weighted by atomic mass is 10.0. The average Bonchev–Trinajstić information content (AvgIpc) is 2.83. The van der Waals surface area contributed by atoms with Crippen LogP contribution >= 0.6 is 0 Å². The van der Waals surface area contributed by atoms with E-state index in [1.807, 2.05) is 6.07 Å². The summed E-state index contributed by atoms with van der Waals surface area (Å²) in [7, 11) is 1.04. The summed E-state index contributed by atoms with van der Waals surface area (Å²) >= 11 is 0. The van der Waals surface area contributed by atoms with Gasteiger partial charge in [-0.3, -0.25) is 4.98 Å². The highest BCUT2D eigenvalue weighted by atomic mass is 19.4. The molecule has 0 unspecified atom stereocenters. The molecule has 0 saturated heterocycles. The molecule has 0 bridgehead atoms. The molecule has 34 heavy (non-hydrogen) atoms. The minimum atomic E-state index is -4.87. The molecule has 0 fully saturated rings. The predicted octanol–water partition coefficient (Wildman–Crippen LogP) is 5.74. The molecule has 174 valence electrons. The molecule has 0 aliphatic rings. The van der Waals surface area contributed by atoms with Gasteiger partial charge in [0.15, 0.2) is 17.1 Å². The summed E-state index contributed by atoms with van der Waals surface area (Å²) < 4.78 is 65.4. The molecule has 5 nitrogen and oxygen atoms in total. The van der Waals surface area contributed by atoms with E-state index >= 15 is 0 Å². The highest BCUT2D eigenvalue weighted by Gasteiger charge is 2.38. The van der Waals surface area contributed by atoms with Crippen LogP contribution in [0.4, 0.5) is 17.6 Å². The summed E-state index contributed by atoms with van der Waals surface area (Å²) in [6.45, 7) is -0.0218. The smallest absolute Gasteiger partial charge is 0.434 e. The zero-order valence-electron chi connectivity index (χ0n) is 17.9. The number of fused-ring (bicyclic) bond motifs is 1. The van der Waals surface area contributed by atoms with Gasteiger partial charge in [-0.25, -0.2) is 14.2 Å². The molecule has 0 saturated carbocycles. The number of alkyl halides is 3. The van der Waals surface area contributed by atoms with Crippen molar-refractivity contribution in [2.75, 3.05) is 7.11 Å². The summed E-state index contributed by atoms with van der Waals surface area (Å²) in [5.74, 6) is -1.70. The lowest BCUT2D eigenvalue weighted by Crippen LogP contribution is -2.16. The summed E-state index contributed by atoms with van der Waals surface area (Å²) in [6.07, 6.45) is -3.25. The number of pyridine rings is 2. The van der Waals surface area contributed by atoms with Crippen LogP contribution in [-0.2, 0) is 23.9 Å². The summed E-state index contributed by atoms with van der Waals surface area (Å²) in [5, 5.41) is -0.317. The maximum absolute atomic E-state index is 13.9. The molecule has 0 amide bonds. The first kappa shape index (κ1) is 23.2. The Morgan fingerprint density at radius 1 is 0.971 bits per heavy atom. The van der Waals surface area contributed by atoms with Crippen molar-refractivity contribution in [3.8, 4) is 5.75 Å². The van der Waals surface area contributed by atoms with Gasteiger partial charge in [-0.2, -0.15) is 13.2 Å². The lowest BCUT2D eigenvalue weighted by Gasteiger charge is -2.17. The van der Waals surface area contributed by atoms with Crippen LogP contribution in [0.3, 0.4) is 0 Å². The number of halogens is 4. The Labute approximate surface area is 192 Å². The maximum Gasteiger partial charge on any atom is 0.434 e. The molecular weight excluding hydrogens is 452 g/mol. The van der Waals surface area contributed by atoms with Crippen molar-refractivity contribution >= 4 is 16.9 Å². The Morgan fingerprint density at radius 2 is 1.68 bits per heavy atom. The molecule has 0 N–H and O–H groups in total. The van der Waals surface area contributed by atoms with Crippen LogP contribution in [0.5, 0.6) is 5.75 Å². The molecule has 2 aromatic carbocycles. The molecular formula is C25H18F4N2O3. The molecule has 4 rings (SSSR count). The first-order valence-corrected chi connectivity index (χ1v) is 10.2. The van der Waals surface area contributed by atoms with E-state index < -0.39 is 29.4 Å². The summed E-state index contributed by atoms with van der Waals surface area (Å²) in [4.78, 5) is 20.1. The largest absolute Gasteiger partial charge is 0.484 e. The number of hydrogen-bond acceptors (Lipinski definition) is 5. The number of benzene rings is 2. The highest BCUT2D eigenvalue weighted by molar-refractivity contribution is 5.99. The highest BCUT2D eigenvalue weighted by Crippen LogP contribution is 2.38. The standard InChI is InChI=1S/C25H18F4N2O3/c1-33-24(32)21-22(34-14-16-5-3-2-4-6-16)20-19(23(31-21)25(27,28)29)12-17(13-30-20)11-15-7-9-18(26)10-8-15/h2-10,12-13H,11,14H2,1H3. The predicted molar refractivity (Wildman–Crippen MR) is 116 cm³/mol. The average molecular weight is 470 g/mol. The second-order valence-corrected chi connectivity index (χ2v) is 7.44. The summed E-state index contributed by atoms with van der Waals surface area (Å²) in [6, 6.07) is 15.8. The van der Waals surface area contributed by atoms with Crippen molar-refractivity contribution in [2.24, 2.45) is 0 Å². The first-order valence-electron chi connectivity index (χ1n) is 10.2. The molecule has 0 aliphatic heterocycles. The Morgan fingerprint density at radius 3 is 2.32 bits per heavy atom. The van der Waals surface area contributed by atoms with Crippen LogP contribution in [0, 0.1) is 5.82 Å². The number of ether oxygens (including phenoxy) is 2. The van der Waals surface area contributed by atoms with Crippen LogP contribution < -0.4 is 4.74 Å². The van der Waals surface area contributed by atoms with E-state index in [0.29, 0.717) is 11.1 Å². The van der Waals surface area contributed by atoms with Crippen molar-refractivity contribution in [2.45, 2.75) is 19.2 Å². The zero-order chi connectivity index (χ0) is 24.3. The number of carbonyl (C=O) groups is 1. The van der Waals surface area contributed by atoms with Crippen LogP contribution in [0.2, 0.25) is 0 Å². The van der Waals surface area contributed by atoms with Gasteiger partial charge in [-0.15, -0.1) is 0 Å². The number of rotatable bonds is 6. The molecule has 0 spiro atoms. The van der Waals surface area contributed by atoms with Gasteiger partial charge in [-0.05, 0) is 41.3 Å². The Bertz CT molecular complexity index is 1320. The fourth-order valence-electron chi connectivity index (χ4n) is 3.46. The molecule has 2 aromatic heterocycles. The van der Waals surface area contributed by atoms with Gasteiger partial charge in [0, 0.05) is 11.6 Å². The zero-order valence-corrected chi connectivity index (χ0v) is 17.9. The molecule has 2 heterocycles. The van der Waals surface area contributed by atoms with Crippen molar-refractivity contribution in [3.05, 3.63) is 101 Å². The quantitative estimate of drug-likeness (QED) is 0.266. The summed E-state index contributed by atoms with van der Waals surface area (Å²) in [5.41, 5.74) is -0.178. The Kier molecular flexibility index (Phi) is 6.45. The third kappa shape index (κ3) is 4.98. The van der Waals surface area contributed by atoms with Gasteiger partial charge in [0.25, 0.3) is 0 Å². The maximum atomic E-state index is 13.9. The topological polar surface area (TPSA) is 61.3 Å². The van der Waals surface area contributed by atoms with E-state index in [0.717, 1.165) is 12.7 Å². The number of methoxy groups -OCH3 is 1. The third-order valence-electron chi connectivity index (χ3n) is 5.05. The lowest BCUT2D eigenvalue weighted by molar-refractivity contribution is -0.139. The van der Waals surface area contributed by atoms with Crippen molar-refractivity contribution in [1.82, 2.24) is 9.97 Å². The molecule has 0 radical (unpaired) electrons. The Hall–Kier alpha value is -4.01. The van der Waals surface area contributed by atoms with E-state index in [9.17, 15) is 22.4 Å². The SMILES string of the molecule is COC(=O)c1nc(C(F)(F)F)c2cc(Cc3ccc(F)cc3)cnc2c1OCc1ccccc1.